The predicted octanol–water partition coefficient (Wildman–Crippen LogP) is 5.44. The fourth-order valence-electron chi connectivity index (χ4n) is 4.76. The molecule has 0 amide bonds. The first kappa shape index (κ1) is 26.4. The Kier molecular flexibility index (Phi) is 7.60. The Morgan fingerprint density at radius 1 is 1.05 bits per heavy atom. The van der Waals surface area contributed by atoms with Gasteiger partial charge in [-0.1, -0.05) is 37.3 Å². The first-order valence-corrected chi connectivity index (χ1v) is 13.3. The van der Waals surface area contributed by atoms with Crippen LogP contribution in [0.3, 0.4) is 0 Å². The van der Waals surface area contributed by atoms with E-state index in [0.29, 0.717) is 31.1 Å². The van der Waals surface area contributed by atoms with Crippen molar-refractivity contribution in [3.63, 3.8) is 0 Å². The summed E-state index contributed by atoms with van der Waals surface area (Å²) in [5.41, 5.74) is 1.81. The van der Waals surface area contributed by atoms with Gasteiger partial charge in [0.1, 0.15) is 17.6 Å². The number of nitrogens with zero attached hydrogens (tertiary/aromatic N) is 5. The van der Waals surface area contributed by atoms with E-state index in [2.05, 4.69) is 58.3 Å². The molecule has 202 valence electrons. The van der Waals surface area contributed by atoms with Crippen molar-refractivity contribution >= 4 is 10.9 Å². The molecule has 9 heteroatoms. The fraction of sp³-hybridized carbons (Fsp3) is 0.333. The number of furan rings is 1. The summed E-state index contributed by atoms with van der Waals surface area (Å²) < 4.78 is 13.4. The smallest absolute Gasteiger partial charge is 0.253 e. The maximum Gasteiger partial charge on any atom is 0.253 e. The molecule has 5 aromatic rings. The minimum Gasteiger partial charge on any atom is -0.494 e. The average molecular weight is 527 g/mol. The third kappa shape index (κ3) is 5.63. The van der Waals surface area contributed by atoms with Crippen molar-refractivity contribution in [2.45, 2.75) is 58.8 Å². The Bertz CT molecular complexity index is 1570. The van der Waals surface area contributed by atoms with Gasteiger partial charge in [-0.3, -0.25) is 9.69 Å². The summed E-state index contributed by atoms with van der Waals surface area (Å²) >= 11 is 0. The standard InChI is InChI=1S/C30H34N6O3/c1-5-30(3,4)36-28(32-33-34-36)27(25-18-22-17-23(38-6-2)14-15-26(22)31-29(25)37)35(20-24-13-10-16-39-24)19-21-11-8-7-9-12-21/h7-18,27H,5-6,19-20H2,1-4H3,(H,31,37)/t27-/m0/s1. The highest BCUT2D eigenvalue weighted by Gasteiger charge is 2.35. The molecule has 0 radical (unpaired) electrons. The van der Waals surface area contributed by atoms with Crippen molar-refractivity contribution in [1.82, 2.24) is 30.1 Å². The molecule has 1 N–H and O–H groups in total. The number of nitrogens with one attached hydrogen (secondary N) is 1. The van der Waals surface area contributed by atoms with Gasteiger partial charge in [0.2, 0.25) is 0 Å². The van der Waals surface area contributed by atoms with Crippen LogP contribution in [0.25, 0.3) is 10.9 Å². The molecule has 0 aliphatic rings. The molecule has 9 nitrogen and oxygen atoms in total. The second-order valence-corrected chi connectivity index (χ2v) is 10.2. The average Bonchev–Trinajstić information content (AvgIpc) is 3.63. The maximum absolute atomic E-state index is 13.8. The van der Waals surface area contributed by atoms with E-state index in [1.807, 2.05) is 66.2 Å². The first-order valence-electron chi connectivity index (χ1n) is 13.3. The van der Waals surface area contributed by atoms with Crippen LogP contribution in [0.4, 0.5) is 0 Å². The number of fused-ring (bicyclic) bond motifs is 1. The lowest BCUT2D eigenvalue weighted by Gasteiger charge is -2.33. The van der Waals surface area contributed by atoms with E-state index in [-0.39, 0.29) is 11.1 Å². The molecule has 0 fully saturated rings. The van der Waals surface area contributed by atoms with Gasteiger partial charge in [-0.15, -0.1) is 5.10 Å². The number of aromatic amines is 1. The second kappa shape index (κ2) is 11.2. The van der Waals surface area contributed by atoms with E-state index in [4.69, 9.17) is 9.15 Å². The van der Waals surface area contributed by atoms with E-state index in [1.165, 1.54) is 0 Å². The molecule has 0 aliphatic heterocycles. The number of hydrogen-bond donors (Lipinski definition) is 1. The molecule has 0 bridgehead atoms. The van der Waals surface area contributed by atoms with Crippen LogP contribution in [0.15, 0.2) is 82.2 Å². The maximum atomic E-state index is 13.8. The number of benzene rings is 2. The van der Waals surface area contributed by atoms with Gasteiger partial charge in [-0.25, -0.2) is 4.68 Å². The van der Waals surface area contributed by atoms with Crippen LogP contribution < -0.4 is 10.3 Å². The van der Waals surface area contributed by atoms with Crippen molar-refractivity contribution in [3.8, 4) is 5.75 Å². The molecular formula is C30H34N6O3. The lowest BCUT2D eigenvalue weighted by atomic mass is 9.98. The molecule has 3 heterocycles. The Hall–Kier alpha value is -4.24. The van der Waals surface area contributed by atoms with E-state index in [0.717, 1.165) is 34.4 Å². The van der Waals surface area contributed by atoms with Gasteiger partial charge in [-0.05, 0) is 79.6 Å². The van der Waals surface area contributed by atoms with E-state index in [1.54, 1.807) is 6.26 Å². The quantitative estimate of drug-likeness (QED) is 0.244. The molecule has 2 aromatic carbocycles. The van der Waals surface area contributed by atoms with Gasteiger partial charge in [0.05, 0.1) is 25.0 Å². The molecule has 39 heavy (non-hydrogen) atoms. The van der Waals surface area contributed by atoms with Crippen molar-refractivity contribution in [2.75, 3.05) is 6.61 Å². The molecule has 1 atom stereocenters. The lowest BCUT2D eigenvalue weighted by molar-refractivity contribution is 0.168. The summed E-state index contributed by atoms with van der Waals surface area (Å²) in [6.07, 6.45) is 2.47. The Morgan fingerprint density at radius 3 is 2.59 bits per heavy atom. The van der Waals surface area contributed by atoms with Gasteiger partial charge >= 0.3 is 0 Å². The first-order chi connectivity index (χ1) is 18.9. The van der Waals surface area contributed by atoms with Gasteiger partial charge < -0.3 is 14.1 Å². The summed E-state index contributed by atoms with van der Waals surface area (Å²) in [5, 5.41) is 13.9. The van der Waals surface area contributed by atoms with Gasteiger partial charge in [0.25, 0.3) is 5.56 Å². The molecule has 3 aromatic heterocycles. The number of pyridine rings is 1. The molecule has 0 saturated carbocycles. The van der Waals surface area contributed by atoms with Gasteiger partial charge in [-0.2, -0.15) is 0 Å². The summed E-state index contributed by atoms with van der Waals surface area (Å²) in [7, 11) is 0. The molecular weight excluding hydrogens is 492 g/mol. The van der Waals surface area contributed by atoms with Crippen LogP contribution in [-0.2, 0) is 18.6 Å². The highest BCUT2D eigenvalue weighted by molar-refractivity contribution is 5.80. The Labute approximate surface area is 227 Å². The lowest BCUT2D eigenvalue weighted by Crippen LogP contribution is -2.38. The normalized spacial score (nSPS) is 12.7. The number of aromatic nitrogens is 5. The summed E-state index contributed by atoms with van der Waals surface area (Å²) in [5.74, 6) is 2.11. The minimum atomic E-state index is -0.569. The third-order valence-corrected chi connectivity index (χ3v) is 7.16. The summed E-state index contributed by atoms with van der Waals surface area (Å²) in [6.45, 7) is 9.78. The number of hydrogen-bond acceptors (Lipinski definition) is 7. The van der Waals surface area contributed by atoms with Crippen LogP contribution in [0.2, 0.25) is 0 Å². The van der Waals surface area contributed by atoms with E-state index in [9.17, 15) is 4.79 Å². The highest BCUT2D eigenvalue weighted by atomic mass is 16.5. The Balaban J connectivity index is 1.72. The van der Waals surface area contributed by atoms with Crippen molar-refractivity contribution in [1.29, 1.82) is 0 Å². The molecule has 5 rings (SSSR count). The topological polar surface area (TPSA) is 102 Å². The number of ether oxygens (including phenoxy) is 1. The van der Waals surface area contributed by atoms with Crippen LogP contribution >= 0.6 is 0 Å². The zero-order valence-corrected chi connectivity index (χ0v) is 22.8. The summed E-state index contributed by atoms with van der Waals surface area (Å²) in [6, 6.07) is 21.0. The van der Waals surface area contributed by atoms with Crippen molar-refractivity contribution < 1.29 is 9.15 Å². The SMILES string of the molecule is CCOc1ccc2[nH]c(=O)c([C@@H](c3nnnn3C(C)(C)CC)N(Cc3ccccc3)Cc3ccco3)cc2c1. The fourth-order valence-corrected chi connectivity index (χ4v) is 4.76. The monoisotopic (exact) mass is 526 g/mol. The van der Waals surface area contributed by atoms with Crippen LogP contribution in [-0.4, -0.2) is 36.7 Å². The summed E-state index contributed by atoms with van der Waals surface area (Å²) in [4.78, 5) is 19.0. The van der Waals surface area contributed by atoms with Gasteiger partial charge in [0.15, 0.2) is 5.82 Å². The largest absolute Gasteiger partial charge is 0.494 e. The third-order valence-electron chi connectivity index (χ3n) is 7.16. The zero-order valence-electron chi connectivity index (χ0n) is 22.8. The number of rotatable bonds is 11. The van der Waals surface area contributed by atoms with E-state index >= 15 is 0 Å². The molecule has 0 unspecified atom stereocenters. The second-order valence-electron chi connectivity index (χ2n) is 10.2. The van der Waals surface area contributed by atoms with Crippen LogP contribution in [0.5, 0.6) is 5.75 Å². The minimum absolute atomic E-state index is 0.196. The number of H-pyrrole nitrogens is 1. The molecule has 0 spiro atoms. The highest BCUT2D eigenvalue weighted by Crippen LogP contribution is 2.33. The molecule has 0 saturated heterocycles. The Morgan fingerprint density at radius 2 is 1.87 bits per heavy atom. The predicted molar refractivity (Wildman–Crippen MR) is 149 cm³/mol. The van der Waals surface area contributed by atoms with Crippen molar-refractivity contribution in [2.24, 2.45) is 0 Å². The zero-order chi connectivity index (χ0) is 27.4. The van der Waals surface area contributed by atoms with E-state index < -0.39 is 6.04 Å². The van der Waals surface area contributed by atoms with Crippen molar-refractivity contribution in [3.05, 3.63) is 106 Å². The number of tetrazole rings is 1. The van der Waals surface area contributed by atoms with Crippen LogP contribution in [0, 0.1) is 0 Å². The van der Waals surface area contributed by atoms with Gasteiger partial charge in [0, 0.05) is 23.0 Å². The van der Waals surface area contributed by atoms with Crippen LogP contribution in [0.1, 0.15) is 62.9 Å². The molecule has 0 aliphatic carbocycles.